The first-order valence-electron chi connectivity index (χ1n) is 5.27. The quantitative estimate of drug-likeness (QED) is 0.815. The molecule has 0 radical (unpaired) electrons. The summed E-state index contributed by atoms with van der Waals surface area (Å²) in [7, 11) is 1.36. The van der Waals surface area contributed by atoms with Crippen LogP contribution in [0.1, 0.15) is 12.5 Å². The zero-order valence-corrected chi connectivity index (χ0v) is 10.5. The van der Waals surface area contributed by atoms with E-state index in [-0.39, 0.29) is 23.5 Å². The second-order valence-corrected chi connectivity index (χ2v) is 5.22. The van der Waals surface area contributed by atoms with Crippen molar-refractivity contribution in [2.75, 3.05) is 12.4 Å². The number of hydrogen-bond acceptors (Lipinski definition) is 4. The minimum atomic E-state index is -0.284. The third-order valence-corrected chi connectivity index (χ3v) is 3.73. The Kier molecular flexibility index (Phi) is 3.38. The predicted octanol–water partition coefficient (Wildman–Crippen LogP) is 1.83. The van der Waals surface area contributed by atoms with Gasteiger partial charge in [-0.3, -0.25) is 9.59 Å². The molecule has 0 aliphatic carbocycles. The first kappa shape index (κ1) is 12.0. The molecule has 1 heterocycles. The van der Waals surface area contributed by atoms with E-state index in [2.05, 4.69) is 10.1 Å². The summed E-state index contributed by atoms with van der Waals surface area (Å²) in [6.07, 6.45) is 0.222. The van der Waals surface area contributed by atoms with Crippen LogP contribution < -0.4 is 5.32 Å². The van der Waals surface area contributed by atoms with Crippen molar-refractivity contribution in [3.63, 3.8) is 0 Å². The summed E-state index contributed by atoms with van der Waals surface area (Å²) in [5.41, 5.74) is 1.62. The van der Waals surface area contributed by atoms with E-state index >= 15 is 0 Å². The molecule has 0 saturated carbocycles. The summed E-state index contributed by atoms with van der Waals surface area (Å²) in [5, 5.41) is 2.75. The van der Waals surface area contributed by atoms with Gasteiger partial charge in [0.05, 0.1) is 24.5 Å². The molecular weight excluding hydrogens is 238 g/mol. The van der Waals surface area contributed by atoms with Gasteiger partial charge < -0.3 is 10.1 Å². The van der Waals surface area contributed by atoms with E-state index in [9.17, 15) is 9.59 Å². The van der Waals surface area contributed by atoms with Crippen molar-refractivity contribution < 1.29 is 14.3 Å². The van der Waals surface area contributed by atoms with Crippen molar-refractivity contribution in [2.45, 2.75) is 23.5 Å². The highest BCUT2D eigenvalue weighted by Crippen LogP contribution is 2.35. The van der Waals surface area contributed by atoms with Crippen LogP contribution in [0.5, 0.6) is 0 Å². The lowest BCUT2D eigenvalue weighted by Crippen LogP contribution is -2.26. The fourth-order valence-corrected chi connectivity index (χ4v) is 2.54. The van der Waals surface area contributed by atoms with Gasteiger partial charge in [-0.25, -0.2) is 0 Å². The summed E-state index contributed by atoms with van der Waals surface area (Å²) >= 11 is 1.53. The lowest BCUT2D eigenvalue weighted by molar-refractivity contribution is -0.139. The number of ether oxygens (including phenoxy) is 1. The van der Waals surface area contributed by atoms with Crippen LogP contribution in [0.25, 0.3) is 0 Å². The predicted molar refractivity (Wildman–Crippen MR) is 66.1 cm³/mol. The van der Waals surface area contributed by atoms with Gasteiger partial charge in [-0.2, -0.15) is 0 Å². The number of fused-ring (bicyclic) bond motifs is 1. The van der Waals surface area contributed by atoms with E-state index in [1.165, 1.54) is 18.9 Å². The highest BCUT2D eigenvalue weighted by molar-refractivity contribution is 8.00. The van der Waals surface area contributed by atoms with E-state index in [1.807, 2.05) is 25.1 Å². The lowest BCUT2D eigenvalue weighted by Gasteiger charge is -2.21. The Morgan fingerprint density at radius 3 is 3.00 bits per heavy atom. The molecule has 0 saturated heterocycles. The maximum Gasteiger partial charge on any atom is 0.309 e. The molecule has 0 aromatic heterocycles. The maximum absolute atomic E-state index is 11.5. The molecule has 1 amide bonds. The number of anilines is 1. The van der Waals surface area contributed by atoms with Gasteiger partial charge in [0, 0.05) is 4.90 Å². The number of benzene rings is 1. The fourth-order valence-electron chi connectivity index (χ4n) is 1.60. The van der Waals surface area contributed by atoms with E-state index in [0.29, 0.717) is 0 Å². The Morgan fingerprint density at radius 1 is 1.53 bits per heavy atom. The van der Waals surface area contributed by atoms with Crippen molar-refractivity contribution in [1.29, 1.82) is 0 Å². The standard InChI is InChI=1S/C12H13NO3S/c1-7-12(15)13-9-5-8(6-11(14)16-2)3-4-10(9)17-7/h3-5,7H,6H2,1-2H3,(H,13,15). The van der Waals surface area contributed by atoms with E-state index in [1.54, 1.807) is 0 Å². The smallest absolute Gasteiger partial charge is 0.309 e. The van der Waals surface area contributed by atoms with Gasteiger partial charge >= 0.3 is 5.97 Å². The second-order valence-electron chi connectivity index (χ2n) is 3.83. The number of thioether (sulfide) groups is 1. The van der Waals surface area contributed by atoms with Crippen LogP contribution in [0, 0.1) is 0 Å². The summed E-state index contributed by atoms with van der Waals surface area (Å²) in [6, 6.07) is 5.63. The van der Waals surface area contributed by atoms with Crippen molar-refractivity contribution >= 4 is 29.3 Å². The van der Waals surface area contributed by atoms with E-state index in [0.717, 1.165) is 16.1 Å². The Balaban J connectivity index is 2.22. The molecule has 0 fully saturated rings. The zero-order valence-electron chi connectivity index (χ0n) is 9.65. The SMILES string of the molecule is COC(=O)Cc1ccc2c(c1)NC(=O)C(C)S2. The number of carbonyl (C=O) groups is 2. The summed E-state index contributed by atoms with van der Waals surface area (Å²) in [6.45, 7) is 1.87. The summed E-state index contributed by atoms with van der Waals surface area (Å²) in [4.78, 5) is 23.7. The average molecular weight is 251 g/mol. The number of esters is 1. The molecule has 90 valence electrons. The molecule has 0 spiro atoms. The van der Waals surface area contributed by atoms with Crippen LogP contribution in [0.15, 0.2) is 23.1 Å². The van der Waals surface area contributed by atoms with Gasteiger partial charge in [0.15, 0.2) is 0 Å². The van der Waals surface area contributed by atoms with Crippen molar-refractivity contribution in [1.82, 2.24) is 0 Å². The molecule has 1 aliphatic heterocycles. The average Bonchev–Trinajstić information content (AvgIpc) is 2.31. The largest absolute Gasteiger partial charge is 0.469 e. The Bertz CT molecular complexity index is 473. The maximum atomic E-state index is 11.5. The molecule has 0 bridgehead atoms. The van der Waals surface area contributed by atoms with Gasteiger partial charge in [-0.1, -0.05) is 6.07 Å². The van der Waals surface area contributed by atoms with Crippen LogP contribution in [0.3, 0.4) is 0 Å². The number of hydrogen-bond donors (Lipinski definition) is 1. The zero-order chi connectivity index (χ0) is 12.4. The minimum Gasteiger partial charge on any atom is -0.469 e. The van der Waals surface area contributed by atoms with E-state index in [4.69, 9.17) is 0 Å². The molecule has 4 nitrogen and oxygen atoms in total. The minimum absolute atomic E-state index is 0.00211. The van der Waals surface area contributed by atoms with Crippen molar-refractivity contribution in [3.8, 4) is 0 Å². The highest BCUT2D eigenvalue weighted by Gasteiger charge is 2.23. The first-order chi connectivity index (χ1) is 8.10. The number of amides is 1. The Morgan fingerprint density at radius 2 is 2.29 bits per heavy atom. The molecule has 1 unspecified atom stereocenters. The molecular formula is C12H13NO3S. The molecule has 2 rings (SSSR count). The Hall–Kier alpha value is -1.49. The van der Waals surface area contributed by atoms with Gasteiger partial charge in [0.25, 0.3) is 0 Å². The molecule has 17 heavy (non-hydrogen) atoms. The fraction of sp³-hybridized carbons (Fsp3) is 0.333. The third-order valence-electron chi connectivity index (χ3n) is 2.55. The van der Waals surface area contributed by atoms with Gasteiger partial charge in [-0.05, 0) is 24.6 Å². The van der Waals surface area contributed by atoms with Crippen LogP contribution in [0.4, 0.5) is 5.69 Å². The lowest BCUT2D eigenvalue weighted by atomic mass is 10.1. The van der Waals surface area contributed by atoms with Gasteiger partial charge in [0.1, 0.15) is 0 Å². The van der Waals surface area contributed by atoms with Crippen molar-refractivity contribution in [2.24, 2.45) is 0 Å². The third kappa shape index (κ3) is 2.61. The van der Waals surface area contributed by atoms with E-state index < -0.39 is 0 Å². The normalized spacial score (nSPS) is 18.2. The Labute approximate surface area is 104 Å². The van der Waals surface area contributed by atoms with Gasteiger partial charge in [-0.15, -0.1) is 11.8 Å². The number of methoxy groups -OCH3 is 1. The monoisotopic (exact) mass is 251 g/mol. The summed E-state index contributed by atoms with van der Waals surface area (Å²) < 4.78 is 4.60. The molecule has 1 aromatic rings. The first-order valence-corrected chi connectivity index (χ1v) is 6.15. The molecule has 1 N–H and O–H groups in total. The molecule has 1 aliphatic rings. The molecule has 5 heteroatoms. The highest BCUT2D eigenvalue weighted by atomic mass is 32.2. The second kappa shape index (κ2) is 4.79. The number of rotatable bonds is 2. The van der Waals surface area contributed by atoms with Crippen LogP contribution in [0.2, 0.25) is 0 Å². The molecule has 1 atom stereocenters. The van der Waals surface area contributed by atoms with Crippen LogP contribution in [-0.4, -0.2) is 24.2 Å². The molecule has 1 aromatic carbocycles. The van der Waals surface area contributed by atoms with Crippen LogP contribution >= 0.6 is 11.8 Å². The van der Waals surface area contributed by atoms with Gasteiger partial charge in [0.2, 0.25) is 5.91 Å². The van der Waals surface area contributed by atoms with Crippen molar-refractivity contribution in [3.05, 3.63) is 23.8 Å². The topological polar surface area (TPSA) is 55.4 Å². The number of carbonyl (C=O) groups excluding carboxylic acids is 2. The van der Waals surface area contributed by atoms with Crippen LogP contribution in [-0.2, 0) is 20.7 Å². The summed E-state index contributed by atoms with van der Waals surface area (Å²) in [5.74, 6) is -0.286. The number of nitrogens with one attached hydrogen (secondary N) is 1.